The Bertz CT molecular complexity index is 684. The average Bonchev–Trinajstić information content (AvgIpc) is 2.55. The summed E-state index contributed by atoms with van der Waals surface area (Å²) in [6.07, 6.45) is 0. The molecular formula is C18H22N2O3. The van der Waals surface area contributed by atoms with E-state index in [0.717, 1.165) is 11.4 Å². The van der Waals surface area contributed by atoms with Gasteiger partial charge in [0.15, 0.2) is 11.5 Å². The van der Waals surface area contributed by atoms with Crippen molar-refractivity contribution in [1.82, 2.24) is 0 Å². The van der Waals surface area contributed by atoms with Gasteiger partial charge < -0.3 is 19.7 Å². The van der Waals surface area contributed by atoms with Crippen LogP contribution in [0.5, 0.6) is 11.5 Å². The van der Waals surface area contributed by atoms with Crippen molar-refractivity contribution in [3.05, 3.63) is 48.0 Å². The van der Waals surface area contributed by atoms with Crippen molar-refractivity contribution in [2.24, 2.45) is 0 Å². The zero-order valence-electron chi connectivity index (χ0n) is 13.9. The lowest BCUT2D eigenvalue weighted by atomic mass is 10.1. The molecule has 23 heavy (non-hydrogen) atoms. The van der Waals surface area contributed by atoms with Crippen LogP contribution in [0.3, 0.4) is 0 Å². The number of carbonyl (C=O) groups excluding carboxylic acids is 1. The number of anilines is 2. The highest BCUT2D eigenvalue weighted by molar-refractivity contribution is 6.06. The minimum Gasteiger partial charge on any atom is -0.493 e. The molecule has 0 atom stereocenters. The van der Waals surface area contributed by atoms with E-state index in [9.17, 15) is 4.79 Å². The lowest BCUT2D eigenvalue weighted by Crippen LogP contribution is -2.16. The van der Waals surface area contributed by atoms with Crippen LogP contribution in [-0.4, -0.2) is 33.7 Å². The Labute approximate surface area is 136 Å². The molecule has 2 aromatic carbocycles. The summed E-state index contributed by atoms with van der Waals surface area (Å²) in [5, 5.41) is 2.93. The number of nitrogens with one attached hydrogen (secondary N) is 1. The van der Waals surface area contributed by atoms with E-state index in [-0.39, 0.29) is 5.91 Å². The molecule has 5 nitrogen and oxygen atoms in total. The molecule has 0 radical (unpaired) electrons. The third-order valence-electron chi connectivity index (χ3n) is 3.36. The maximum atomic E-state index is 12.5. The summed E-state index contributed by atoms with van der Waals surface area (Å²) in [6, 6.07) is 12.8. The first kappa shape index (κ1) is 16.7. The van der Waals surface area contributed by atoms with Gasteiger partial charge in [0.1, 0.15) is 0 Å². The van der Waals surface area contributed by atoms with Crippen LogP contribution < -0.4 is 19.7 Å². The highest BCUT2D eigenvalue weighted by Crippen LogP contribution is 2.29. The molecule has 0 fully saturated rings. The smallest absolute Gasteiger partial charge is 0.255 e. The number of carbonyl (C=O) groups is 1. The van der Waals surface area contributed by atoms with Crippen LogP contribution in [0, 0.1) is 0 Å². The van der Waals surface area contributed by atoms with Crippen molar-refractivity contribution in [1.29, 1.82) is 0 Å². The van der Waals surface area contributed by atoms with Crippen molar-refractivity contribution >= 4 is 17.3 Å². The van der Waals surface area contributed by atoms with Gasteiger partial charge in [-0.05, 0) is 37.3 Å². The molecule has 2 rings (SSSR count). The Balaban J connectivity index is 2.25. The van der Waals surface area contributed by atoms with Gasteiger partial charge in [-0.2, -0.15) is 0 Å². The summed E-state index contributed by atoms with van der Waals surface area (Å²) in [4.78, 5) is 14.5. The molecule has 0 aromatic heterocycles. The van der Waals surface area contributed by atoms with E-state index in [1.807, 2.05) is 50.2 Å². The van der Waals surface area contributed by atoms with Gasteiger partial charge in [-0.1, -0.05) is 12.1 Å². The van der Waals surface area contributed by atoms with Crippen molar-refractivity contribution in [2.75, 3.05) is 38.0 Å². The lowest BCUT2D eigenvalue weighted by Gasteiger charge is -2.18. The molecular weight excluding hydrogens is 292 g/mol. The molecule has 0 bridgehead atoms. The molecule has 2 aromatic rings. The second-order valence-electron chi connectivity index (χ2n) is 5.16. The van der Waals surface area contributed by atoms with Crippen LogP contribution in [-0.2, 0) is 0 Å². The number of ether oxygens (including phenoxy) is 2. The number of methoxy groups -OCH3 is 1. The van der Waals surface area contributed by atoms with Crippen LogP contribution in [0.1, 0.15) is 17.3 Å². The quantitative estimate of drug-likeness (QED) is 0.888. The fraction of sp³-hybridized carbons (Fsp3) is 0.278. The summed E-state index contributed by atoms with van der Waals surface area (Å²) in [7, 11) is 5.43. The first-order valence-electron chi connectivity index (χ1n) is 7.45. The summed E-state index contributed by atoms with van der Waals surface area (Å²) < 4.78 is 10.8. The second-order valence-corrected chi connectivity index (χ2v) is 5.16. The number of benzene rings is 2. The summed E-state index contributed by atoms with van der Waals surface area (Å²) in [6.45, 7) is 2.44. The monoisotopic (exact) mass is 314 g/mol. The van der Waals surface area contributed by atoms with Crippen LogP contribution in [0.25, 0.3) is 0 Å². The summed E-state index contributed by atoms with van der Waals surface area (Å²) >= 11 is 0. The molecule has 0 aliphatic carbocycles. The highest BCUT2D eigenvalue weighted by Gasteiger charge is 2.13. The van der Waals surface area contributed by atoms with Gasteiger partial charge in [0.2, 0.25) is 0 Å². The maximum Gasteiger partial charge on any atom is 0.255 e. The predicted molar refractivity (Wildman–Crippen MR) is 92.9 cm³/mol. The molecule has 0 aliphatic rings. The van der Waals surface area contributed by atoms with Gasteiger partial charge in [0, 0.05) is 19.7 Å². The van der Waals surface area contributed by atoms with Crippen molar-refractivity contribution in [3.63, 3.8) is 0 Å². The normalized spacial score (nSPS) is 10.1. The van der Waals surface area contributed by atoms with E-state index in [1.165, 1.54) is 0 Å². The molecule has 0 aliphatic heterocycles. The zero-order valence-corrected chi connectivity index (χ0v) is 13.9. The largest absolute Gasteiger partial charge is 0.493 e. The highest BCUT2D eigenvalue weighted by atomic mass is 16.5. The minimum atomic E-state index is -0.194. The van der Waals surface area contributed by atoms with E-state index in [1.54, 1.807) is 25.3 Å². The number of nitrogens with zero attached hydrogens (tertiary/aromatic N) is 1. The fourth-order valence-corrected chi connectivity index (χ4v) is 2.25. The topological polar surface area (TPSA) is 50.8 Å². The Morgan fingerprint density at radius 1 is 1.13 bits per heavy atom. The van der Waals surface area contributed by atoms with Gasteiger partial charge >= 0.3 is 0 Å². The number of para-hydroxylation sites is 2. The third kappa shape index (κ3) is 3.94. The summed E-state index contributed by atoms with van der Waals surface area (Å²) in [5.74, 6) is 0.973. The van der Waals surface area contributed by atoms with E-state index in [4.69, 9.17) is 9.47 Å². The number of amides is 1. The first-order chi connectivity index (χ1) is 11.1. The molecule has 1 amide bonds. The van der Waals surface area contributed by atoms with E-state index in [2.05, 4.69) is 5.32 Å². The van der Waals surface area contributed by atoms with Gasteiger partial charge in [-0.15, -0.1) is 0 Å². The van der Waals surface area contributed by atoms with Gasteiger partial charge in [0.25, 0.3) is 5.91 Å². The first-order valence-corrected chi connectivity index (χ1v) is 7.45. The van der Waals surface area contributed by atoms with E-state index in [0.29, 0.717) is 23.7 Å². The van der Waals surface area contributed by atoms with Crippen molar-refractivity contribution in [3.8, 4) is 11.5 Å². The number of hydrogen-bond acceptors (Lipinski definition) is 4. The lowest BCUT2D eigenvalue weighted by molar-refractivity contribution is 0.102. The van der Waals surface area contributed by atoms with Crippen LogP contribution in [0.15, 0.2) is 42.5 Å². The third-order valence-corrected chi connectivity index (χ3v) is 3.36. The molecule has 5 heteroatoms. The molecule has 0 saturated heterocycles. The molecule has 0 unspecified atom stereocenters. The standard InChI is InChI=1S/C18H22N2O3/c1-5-23-16-11-10-13(12-17(16)22-4)18(21)19-14-8-6-7-9-15(14)20(2)3/h6-12H,5H2,1-4H3,(H,19,21). The van der Waals surface area contributed by atoms with E-state index >= 15 is 0 Å². The fourth-order valence-electron chi connectivity index (χ4n) is 2.25. The second kappa shape index (κ2) is 7.54. The van der Waals surface area contributed by atoms with Crippen molar-refractivity contribution < 1.29 is 14.3 Å². The summed E-state index contributed by atoms with van der Waals surface area (Å²) in [5.41, 5.74) is 2.22. The van der Waals surface area contributed by atoms with Crippen LogP contribution >= 0.6 is 0 Å². The minimum absolute atomic E-state index is 0.194. The van der Waals surface area contributed by atoms with Gasteiger partial charge in [0.05, 0.1) is 25.1 Å². The van der Waals surface area contributed by atoms with Gasteiger partial charge in [-0.25, -0.2) is 0 Å². The van der Waals surface area contributed by atoms with E-state index < -0.39 is 0 Å². The zero-order chi connectivity index (χ0) is 16.8. The molecule has 0 spiro atoms. The van der Waals surface area contributed by atoms with Gasteiger partial charge in [-0.3, -0.25) is 4.79 Å². The van der Waals surface area contributed by atoms with Crippen molar-refractivity contribution in [2.45, 2.75) is 6.92 Å². The van der Waals surface area contributed by atoms with Crippen LogP contribution in [0.4, 0.5) is 11.4 Å². The number of rotatable bonds is 6. The Kier molecular flexibility index (Phi) is 5.46. The van der Waals surface area contributed by atoms with Crippen LogP contribution in [0.2, 0.25) is 0 Å². The molecule has 0 heterocycles. The Morgan fingerprint density at radius 3 is 2.52 bits per heavy atom. The predicted octanol–water partition coefficient (Wildman–Crippen LogP) is 3.41. The molecule has 0 saturated carbocycles. The maximum absolute atomic E-state index is 12.5. The SMILES string of the molecule is CCOc1ccc(C(=O)Nc2ccccc2N(C)C)cc1OC. The molecule has 1 N–H and O–H groups in total. The number of hydrogen-bond donors (Lipinski definition) is 1. The molecule has 122 valence electrons. The average molecular weight is 314 g/mol. The Hall–Kier alpha value is -2.69. The Morgan fingerprint density at radius 2 is 1.87 bits per heavy atom.